The van der Waals surface area contributed by atoms with Gasteiger partial charge in [-0.2, -0.15) is 0 Å². The molecule has 3 heteroatoms. The molecule has 0 saturated carbocycles. The lowest BCUT2D eigenvalue weighted by atomic mass is 9.86. The zero-order valence-electron chi connectivity index (χ0n) is 10.6. The van der Waals surface area contributed by atoms with Gasteiger partial charge in [0.15, 0.2) is 0 Å². The van der Waals surface area contributed by atoms with Gasteiger partial charge in [-0.1, -0.05) is 24.3 Å². The van der Waals surface area contributed by atoms with Crippen LogP contribution in [0.25, 0.3) is 10.9 Å². The van der Waals surface area contributed by atoms with Crippen LogP contribution in [-0.4, -0.2) is 16.4 Å². The molecule has 3 rings (SSSR count). The van der Waals surface area contributed by atoms with Crippen LogP contribution >= 0.6 is 0 Å². The highest BCUT2D eigenvalue weighted by molar-refractivity contribution is 5.82. The molecular formula is C15H16N2O. The van der Waals surface area contributed by atoms with Crippen LogP contribution in [0.5, 0.6) is 0 Å². The Hall–Kier alpha value is -1.90. The highest BCUT2D eigenvalue weighted by Crippen LogP contribution is 2.35. The van der Waals surface area contributed by atoms with Crippen molar-refractivity contribution in [2.24, 2.45) is 0 Å². The zero-order chi connectivity index (χ0) is 12.8. The lowest BCUT2D eigenvalue weighted by molar-refractivity contribution is -0.119. The Labute approximate surface area is 106 Å². The third-order valence-corrected chi connectivity index (χ3v) is 3.70. The van der Waals surface area contributed by atoms with Gasteiger partial charge in [-0.05, 0) is 26.0 Å². The summed E-state index contributed by atoms with van der Waals surface area (Å²) in [6.07, 6.45) is 0.526. The van der Waals surface area contributed by atoms with Gasteiger partial charge in [0.25, 0.3) is 0 Å². The summed E-state index contributed by atoms with van der Waals surface area (Å²) in [5.41, 5.74) is 1.77. The van der Waals surface area contributed by atoms with Crippen LogP contribution in [0.4, 0.5) is 0 Å². The fourth-order valence-electron chi connectivity index (χ4n) is 2.69. The van der Waals surface area contributed by atoms with E-state index in [0.29, 0.717) is 6.42 Å². The zero-order valence-corrected chi connectivity index (χ0v) is 10.6. The van der Waals surface area contributed by atoms with Crippen LogP contribution in [0.2, 0.25) is 0 Å². The van der Waals surface area contributed by atoms with Crippen LogP contribution in [0.15, 0.2) is 36.4 Å². The summed E-state index contributed by atoms with van der Waals surface area (Å²) < 4.78 is 0. The van der Waals surface area contributed by atoms with Crippen LogP contribution in [0.1, 0.15) is 31.9 Å². The molecule has 0 spiro atoms. The van der Waals surface area contributed by atoms with E-state index in [1.165, 1.54) is 0 Å². The van der Waals surface area contributed by atoms with Crippen LogP contribution < -0.4 is 5.32 Å². The second-order valence-corrected chi connectivity index (χ2v) is 5.46. The number of nitrogens with zero attached hydrogens (tertiary/aromatic N) is 1. The first-order valence-electron chi connectivity index (χ1n) is 6.23. The van der Waals surface area contributed by atoms with Crippen molar-refractivity contribution < 1.29 is 4.79 Å². The molecule has 1 aliphatic rings. The lowest BCUT2D eigenvalue weighted by Crippen LogP contribution is -2.38. The first-order chi connectivity index (χ1) is 8.56. The normalized spacial score (nSPS) is 22.1. The molecule has 2 heterocycles. The third kappa shape index (κ3) is 1.76. The van der Waals surface area contributed by atoms with Crippen molar-refractivity contribution in [1.29, 1.82) is 0 Å². The van der Waals surface area contributed by atoms with E-state index in [9.17, 15) is 4.79 Å². The number of nitrogens with one attached hydrogen (secondary N) is 1. The number of hydrogen-bond donors (Lipinski definition) is 1. The highest BCUT2D eigenvalue weighted by atomic mass is 16.2. The second kappa shape index (κ2) is 3.80. The fraction of sp³-hybridized carbons (Fsp3) is 0.333. The molecule has 3 nitrogen and oxygen atoms in total. The van der Waals surface area contributed by atoms with Gasteiger partial charge in [0.2, 0.25) is 5.91 Å². The van der Waals surface area contributed by atoms with Crippen molar-refractivity contribution in [1.82, 2.24) is 10.3 Å². The summed E-state index contributed by atoms with van der Waals surface area (Å²) in [4.78, 5) is 16.3. The molecule has 1 atom stereocenters. The average molecular weight is 240 g/mol. The fourth-order valence-corrected chi connectivity index (χ4v) is 2.69. The molecule has 1 unspecified atom stereocenters. The first kappa shape index (κ1) is 11.2. The van der Waals surface area contributed by atoms with E-state index in [0.717, 1.165) is 16.6 Å². The Morgan fingerprint density at radius 1 is 1.22 bits per heavy atom. The van der Waals surface area contributed by atoms with Crippen molar-refractivity contribution >= 4 is 16.8 Å². The maximum atomic E-state index is 11.6. The standard InChI is InChI=1S/C15H16N2O/c1-15(2)11(9-14(18)17-15)13-8-7-10-5-3-4-6-12(10)16-13/h3-8,11H,9H2,1-2H3,(H,17,18). The van der Waals surface area contributed by atoms with Gasteiger partial charge in [-0.25, -0.2) is 0 Å². The largest absolute Gasteiger partial charge is 0.351 e. The Bertz CT molecular complexity index is 619. The molecule has 2 aromatic rings. The van der Waals surface area contributed by atoms with Crippen molar-refractivity contribution in [2.45, 2.75) is 31.7 Å². The lowest BCUT2D eigenvalue weighted by Gasteiger charge is -2.26. The molecule has 1 aromatic carbocycles. The molecule has 1 aromatic heterocycles. The number of rotatable bonds is 1. The topological polar surface area (TPSA) is 42.0 Å². The maximum Gasteiger partial charge on any atom is 0.221 e. The number of fused-ring (bicyclic) bond motifs is 1. The summed E-state index contributed by atoms with van der Waals surface area (Å²) in [7, 11) is 0. The summed E-state index contributed by atoms with van der Waals surface area (Å²) in [5.74, 6) is 0.259. The summed E-state index contributed by atoms with van der Waals surface area (Å²) in [5, 5.41) is 4.15. The molecule has 18 heavy (non-hydrogen) atoms. The maximum absolute atomic E-state index is 11.6. The van der Waals surface area contributed by atoms with Crippen LogP contribution in [-0.2, 0) is 4.79 Å². The number of aromatic nitrogens is 1. The predicted molar refractivity (Wildman–Crippen MR) is 71.3 cm³/mol. The number of amides is 1. The van der Waals surface area contributed by atoms with Gasteiger partial charge in [0, 0.05) is 29.0 Å². The van der Waals surface area contributed by atoms with Crippen LogP contribution in [0.3, 0.4) is 0 Å². The predicted octanol–water partition coefficient (Wildman–Crippen LogP) is 2.62. The van der Waals surface area contributed by atoms with E-state index in [4.69, 9.17) is 4.98 Å². The second-order valence-electron chi connectivity index (χ2n) is 5.46. The molecule has 1 N–H and O–H groups in total. The molecular weight excluding hydrogens is 224 g/mol. The van der Waals surface area contributed by atoms with Crippen molar-refractivity contribution in [3.05, 3.63) is 42.1 Å². The van der Waals surface area contributed by atoms with Crippen LogP contribution in [0, 0.1) is 0 Å². The smallest absolute Gasteiger partial charge is 0.221 e. The monoisotopic (exact) mass is 240 g/mol. The first-order valence-corrected chi connectivity index (χ1v) is 6.23. The molecule has 0 bridgehead atoms. The van der Waals surface area contributed by atoms with E-state index in [2.05, 4.69) is 31.3 Å². The Morgan fingerprint density at radius 3 is 2.72 bits per heavy atom. The minimum atomic E-state index is -0.216. The molecule has 1 fully saturated rings. The molecule has 92 valence electrons. The number of benzene rings is 1. The quantitative estimate of drug-likeness (QED) is 0.832. The average Bonchev–Trinajstić information content (AvgIpc) is 2.62. The third-order valence-electron chi connectivity index (χ3n) is 3.70. The van der Waals surface area contributed by atoms with E-state index in [-0.39, 0.29) is 17.4 Å². The molecule has 1 aliphatic heterocycles. The minimum absolute atomic E-state index is 0.111. The van der Waals surface area contributed by atoms with Gasteiger partial charge >= 0.3 is 0 Å². The van der Waals surface area contributed by atoms with Gasteiger partial charge in [0.05, 0.1) is 5.52 Å². The van der Waals surface area contributed by atoms with E-state index in [1.807, 2.05) is 24.3 Å². The molecule has 0 radical (unpaired) electrons. The van der Waals surface area contributed by atoms with E-state index < -0.39 is 0 Å². The Balaban J connectivity index is 2.07. The van der Waals surface area contributed by atoms with Gasteiger partial charge in [-0.3, -0.25) is 9.78 Å². The summed E-state index contributed by atoms with van der Waals surface area (Å²) >= 11 is 0. The number of carbonyl (C=O) groups excluding carboxylic acids is 1. The van der Waals surface area contributed by atoms with Gasteiger partial charge < -0.3 is 5.32 Å². The van der Waals surface area contributed by atoms with E-state index in [1.54, 1.807) is 0 Å². The van der Waals surface area contributed by atoms with Crippen molar-refractivity contribution in [3.63, 3.8) is 0 Å². The molecule has 1 saturated heterocycles. The van der Waals surface area contributed by atoms with E-state index >= 15 is 0 Å². The van der Waals surface area contributed by atoms with Crippen molar-refractivity contribution in [2.75, 3.05) is 0 Å². The Kier molecular flexibility index (Phi) is 2.37. The number of hydrogen-bond acceptors (Lipinski definition) is 2. The summed E-state index contributed by atoms with van der Waals surface area (Å²) in [6, 6.07) is 12.2. The number of carbonyl (C=O) groups is 1. The highest BCUT2D eigenvalue weighted by Gasteiger charge is 2.40. The molecule has 0 aliphatic carbocycles. The number of pyridine rings is 1. The minimum Gasteiger partial charge on any atom is -0.351 e. The molecule has 1 amide bonds. The van der Waals surface area contributed by atoms with Gasteiger partial charge in [0.1, 0.15) is 0 Å². The summed E-state index contributed by atoms with van der Waals surface area (Å²) in [6.45, 7) is 4.11. The Morgan fingerprint density at radius 2 is 2.00 bits per heavy atom. The van der Waals surface area contributed by atoms with Gasteiger partial charge in [-0.15, -0.1) is 0 Å². The number of para-hydroxylation sites is 1. The SMILES string of the molecule is CC1(C)NC(=O)CC1c1ccc2ccccc2n1. The van der Waals surface area contributed by atoms with Crippen molar-refractivity contribution in [3.8, 4) is 0 Å².